The molecule has 2 aliphatic rings. The molecule has 1 fully saturated rings. The molecule has 4 rings (SSSR count). The van der Waals surface area contributed by atoms with Crippen molar-refractivity contribution in [1.82, 2.24) is 15.5 Å². The monoisotopic (exact) mass is 347 g/mol. The van der Waals surface area contributed by atoms with E-state index in [9.17, 15) is 4.79 Å². The lowest BCUT2D eigenvalue weighted by Crippen LogP contribution is -2.32. The highest BCUT2D eigenvalue weighted by Crippen LogP contribution is 2.36. The first-order chi connectivity index (χ1) is 11.7. The molecular weight excluding hydrogens is 330 g/mol. The lowest BCUT2D eigenvalue weighted by Gasteiger charge is -2.23. The number of thioether (sulfide) groups is 1. The third-order valence-electron chi connectivity index (χ3n) is 3.78. The fraction of sp³-hybridized carbons (Fsp3) is 0.438. The SMILES string of the molecule is C[C@@H](Sc1nnc([C@H]2COc3ccccc3O2)o1)C(=O)NC1CC1. The molecule has 0 bridgehead atoms. The Morgan fingerprint density at radius 2 is 2.08 bits per heavy atom. The van der Waals surface area contributed by atoms with Crippen LogP contribution in [0.1, 0.15) is 31.8 Å². The summed E-state index contributed by atoms with van der Waals surface area (Å²) >= 11 is 1.24. The molecule has 1 aliphatic carbocycles. The van der Waals surface area contributed by atoms with E-state index in [1.165, 1.54) is 11.8 Å². The lowest BCUT2D eigenvalue weighted by molar-refractivity contribution is -0.120. The van der Waals surface area contributed by atoms with Crippen LogP contribution in [-0.2, 0) is 4.79 Å². The number of nitrogens with zero attached hydrogens (tertiary/aromatic N) is 2. The van der Waals surface area contributed by atoms with Gasteiger partial charge < -0.3 is 19.2 Å². The Morgan fingerprint density at radius 1 is 1.29 bits per heavy atom. The van der Waals surface area contributed by atoms with Gasteiger partial charge in [-0.15, -0.1) is 10.2 Å². The zero-order chi connectivity index (χ0) is 16.5. The van der Waals surface area contributed by atoms with Crippen molar-refractivity contribution in [3.8, 4) is 11.5 Å². The lowest BCUT2D eigenvalue weighted by atomic mass is 10.2. The van der Waals surface area contributed by atoms with Crippen LogP contribution in [0.25, 0.3) is 0 Å². The van der Waals surface area contributed by atoms with Crippen LogP contribution in [0.2, 0.25) is 0 Å². The second-order valence-corrected chi connectivity index (χ2v) is 7.11. The molecule has 1 aromatic heterocycles. The van der Waals surface area contributed by atoms with Gasteiger partial charge in [0.2, 0.25) is 12.0 Å². The number of rotatable bonds is 5. The van der Waals surface area contributed by atoms with Gasteiger partial charge in [0.05, 0.1) is 5.25 Å². The van der Waals surface area contributed by atoms with E-state index in [1.54, 1.807) is 0 Å². The summed E-state index contributed by atoms with van der Waals surface area (Å²) in [7, 11) is 0. The normalized spacial score (nSPS) is 20.5. The van der Waals surface area contributed by atoms with Gasteiger partial charge in [-0.1, -0.05) is 23.9 Å². The van der Waals surface area contributed by atoms with E-state index in [0.29, 0.717) is 35.3 Å². The van der Waals surface area contributed by atoms with Crippen LogP contribution in [0.5, 0.6) is 11.5 Å². The molecule has 126 valence electrons. The first-order valence-electron chi connectivity index (χ1n) is 7.88. The van der Waals surface area contributed by atoms with Gasteiger partial charge in [0, 0.05) is 6.04 Å². The quantitative estimate of drug-likeness (QED) is 0.831. The molecule has 0 saturated heterocycles. The molecule has 0 spiro atoms. The van der Waals surface area contributed by atoms with Crippen molar-refractivity contribution in [3.05, 3.63) is 30.2 Å². The summed E-state index contributed by atoms with van der Waals surface area (Å²) < 4.78 is 17.1. The number of hydrogen-bond acceptors (Lipinski definition) is 7. The van der Waals surface area contributed by atoms with Crippen molar-refractivity contribution in [2.24, 2.45) is 0 Å². The van der Waals surface area contributed by atoms with E-state index in [0.717, 1.165) is 12.8 Å². The largest absolute Gasteiger partial charge is 0.485 e. The topological polar surface area (TPSA) is 86.5 Å². The molecule has 7 nitrogen and oxygen atoms in total. The van der Waals surface area contributed by atoms with E-state index in [4.69, 9.17) is 13.9 Å². The Labute approximate surface area is 143 Å². The molecule has 1 N–H and O–H groups in total. The summed E-state index contributed by atoms with van der Waals surface area (Å²) in [5.74, 6) is 1.70. The van der Waals surface area contributed by atoms with E-state index in [-0.39, 0.29) is 11.2 Å². The van der Waals surface area contributed by atoms with Crippen molar-refractivity contribution in [1.29, 1.82) is 0 Å². The molecule has 1 amide bonds. The highest BCUT2D eigenvalue weighted by atomic mass is 32.2. The molecule has 0 unspecified atom stereocenters. The van der Waals surface area contributed by atoms with Gasteiger partial charge in [-0.3, -0.25) is 4.79 Å². The predicted molar refractivity (Wildman–Crippen MR) is 86.1 cm³/mol. The molecule has 24 heavy (non-hydrogen) atoms. The maximum absolute atomic E-state index is 12.0. The summed E-state index contributed by atoms with van der Waals surface area (Å²) in [6.07, 6.45) is 1.68. The third-order valence-corrected chi connectivity index (χ3v) is 4.71. The maximum atomic E-state index is 12.0. The van der Waals surface area contributed by atoms with Crippen LogP contribution in [0.15, 0.2) is 33.9 Å². The molecule has 2 heterocycles. The highest BCUT2D eigenvalue weighted by molar-refractivity contribution is 8.00. The van der Waals surface area contributed by atoms with E-state index in [1.807, 2.05) is 31.2 Å². The number of carbonyl (C=O) groups is 1. The number of carbonyl (C=O) groups excluding carboxylic acids is 1. The van der Waals surface area contributed by atoms with E-state index >= 15 is 0 Å². The second-order valence-electron chi connectivity index (χ2n) is 5.81. The van der Waals surface area contributed by atoms with Crippen LogP contribution in [0.3, 0.4) is 0 Å². The average Bonchev–Trinajstić information content (AvgIpc) is 3.29. The van der Waals surface area contributed by atoms with Gasteiger partial charge in [0.1, 0.15) is 6.61 Å². The Kier molecular flexibility index (Phi) is 4.05. The summed E-state index contributed by atoms with van der Waals surface area (Å²) in [4.78, 5) is 12.0. The molecule has 8 heteroatoms. The number of hydrogen-bond donors (Lipinski definition) is 1. The number of nitrogens with one attached hydrogen (secondary N) is 1. The summed E-state index contributed by atoms with van der Waals surface area (Å²) in [5, 5.41) is 11.0. The summed E-state index contributed by atoms with van der Waals surface area (Å²) in [5.41, 5.74) is 0. The van der Waals surface area contributed by atoms with Crippen molar-refractivity contribution < 1.29 is 18.7 Å². The molecule has 1 saturated carbocycles. The highest BCUT2D eigenvalue weighted by Gasteiger charge is 2.29. The van der Waals surface area contributed by atoms with Gasteiger partial charge in [0.25, 0.3) is 11.1 Å². The molecule has 2 atom stereocenters. The first-order valence-corrected chi connectivity index (χ1v) is 8.76. The number of fused-ring (bicyclic) bond motifs is 1. The van der Waals surface area contributed by atoms with Crippen LogP contribution in [-0.4, -0.2) is 34.0 Å². The second kappa shape index (κ2) is 6.35. The van der Waals surface area contributed by atoms with Gasteiger partial charge in [-0.25, -0.2) is 0 Å². The minimum absolute atomic E-state index is 0.00609. The van der Waals surface area contributed by atoms with Gasteiger partial charge >= 0.3 is 0 Å². The number of aromatic nitrogens is 2. The molecule has 0 radical (unpaired) electrons. The van der Waals surface area contributed by atoms with Crippen LogP contribution < -0.4 is 14.8 Å². The van der Waals surface area contributed by atoms with E-state index < -0.39 is 6.10 Å². The smallest absolute Gasteiger partial charge is 0.277 e. The van der Waals surface area contributed by atoms with Crippen LogP contribution in [0, 0.1) is 0 Å². The van der Waals surface area contributed by atoms with Gasteiger partial charge in [-0.2, -0.15) is 0 Å². The Morgan fingerprint density at radius 3 is 2.88 bits per heavy atom. The number of amides is 1. The summed E-state index contributed by atoms with van der Waals surface area (Å²) in [6.45, 7) is 2.13. The van der Waals surface area contributed by atoms with Gasteiger partial charge in [0.15, 0.2) is 11.5 Å². The summed E-state index contributed by atoms with van der Waals surface area (Å²) in [6, 6.07) is 7.78. The zero-order valence-corrected chi connectivity index (χ0v) is 13.9. The molecule has 1 aliphatic heterocycles. The molecule has 2 aromatic rings. The fourth-order valence-corrected chi connectivity index (χ4v) is 2.99. The Balaban J connectivity index is 1.39. The van der Waals surface area contributed by atoms with Crippen molar-refractivity contribution in [3.63, 3.8) is 0 Å². The number of para-hydroxylation sites is 2. The minimum Gasteiger partial charge on any atom is -0.485 e. The zero-order valence-electron chi connectivity index (χ0n) is 13.1. The first kappa shape index (κ1) is 15.3. The predicted octanol–water partition coefficient (Wildman–Crippen LogP) is 2.34. The minimum atomic E-state index is -0.447. The third kappa shape index (κ3) is 3.33. The maximum Gasteiger partial charge on any atom is 0.277 e. The van der Waals surface area contributed by atoms with Crippen molar-refractivity contribution >= 4 is 17.7 Å². The Hall–Kier alpha value is -2.22. The van der Waals surface area contributed by atoms with Crippen molar-refractivity contribution in [2.75, 3.05) is 6.61 Å². The average molecular weight is 347 g/mol. The number of benzene rings is 1. The standard InChI is InChI=1S/C16H17N3O4S/c1-9(14(20)17-10-6-7-10)24-16-19-18-15(23-16)13-8-21-11-4-2-3-5-12(11)22-13/h2-5,9-10,13H,6-8H2,1H3,(H,17,20)/t9-,13-/m1/s1. The molecule has 1 aromatic carbocycles. The fourth-order valence-electron chi connectivity index (χ4n) is 2.29. The van der Waals surface area contributed by atoms with Gasteiger partial charge in [-0.05, 0) is 31.9 Å². The van der Waals surface area contributed by atoms with E-state index in [2.05, 4.69) is 15.5 Å². The Bertz CT molecular complexity index is 746. The van der Waals surface area contributed by atoms with Crippen LogP contribution in [0.4, 0.5) is 0 Å². The number of ether oxygens (including phenoxy) is 2. The van der Waals surface area contributed by atoms with Crippen molar-refractivity contribution in [2.45, 2.75) is 42.4 Å². The van der Waals surface area contributed by atoms with Crippen LogP contribution >= 0.6 is 11.8 Å². The molecular formula is C16H17N3O4S.